The lowest BCUT2D eigenvalue weighted by Crippen LogP contribution is -2.24. The molecule has 0 aromatic carbocycles. The van der Waals surface area contributed by atoms with Crippen LogP contribution < -0.4 is 0 Å². The highest BCUT2D eigenvalue weighted by Crippen LogP contribution is 2.17. The average Bonchev–Trinajstić information content (AvgIpc) is 2.79. The summed E-state index contributed by atoms with van der Waals surface area (Å²) in [4.78, 5) is 11.4. The minimum atomic E-state index is -0.788. The minimum absolute atomic E-state index is 0.0984. The van der Waals surface area contributed by atoms with Crippen LogP contribution in [0.3, 0.4) is 0 Å². The van der Waals surface area contributed by atoms with E-state index in [-0.39, 0.29) is 25.3 Å². The molecule has 2 N–H and O–H groups in total. The zero-order valence-electron chi connectivity index (χ0n) is 21.3. The van der Waals surface area contributed by atoms with Crippen LogP contribution in [-0.2, 0) is 14.3 Å². The molecular formula is C27H54O5. The van der Waals surface area contributed by atoms with Crippen molar-refractivity contribution in [1.82, 2.24) is 0 Å². The van der Waals surface area contributed by atoms with E-state index in [1.54, 1.807) is 0 Å². The van der Waals surface area contributed by atoms with Gasteiger partial charge >= 0.3 is 5.97 Å². The van der Waals surface area contributed by atoms with E-state index in [0.717, 1.165) is 38.5 Å². The number of unbranched alkanes of at least 4 members (excludes halogenated alkanes) is 14. The van der Waals surface area contributed by atoms with Gasteiger partial charge in [0, 0.05) is 6.42 Å². The van der Waals surface area contributed by atoms with Crippen molar-refractivity contribution in [2.45, 2.75) is 148 Å². The van der Waals surface area contributed by atoms with Crippen molar-refractivity contribution < 1.29 is 24.5 Å². The Morgan fingerprint density at radius 3 is 1.66 bits per heavy atom. The van der Waals surface area contributed by atoms with Crippen molar-refractivity contribution in [3.63, 3.8) is 0 Å². The number of hydrogen-bond donors (Lipinski definition) is 2. The number of aliphatic hydroxyl groups excluding tert-OH is 2. The molecule has 0 bridgehead atoms. The van der Waals surface area contributed by atoms with Gasteiger partial charge in [0.1, 0.15) is 6.10 Å². The molecule has 5 nitrogen and oxygen atoms in total. The van der Waals surface area contributed by atoms with E-state index < -0.39 is 6.10 Å². The monoisotopic (exact) mass is 458 g/mol. The Hall–Kier alpha value is -0.650. The molecule has 0 saturated carbocycles. The van der Waals surface area contributed by atoms with Gasteiger partial charge in [-0.05, 0) is 26.2 Å². The highest BCUT2D eigenvalue weighted by Gasteiger charge is 2.12. The summed E-state index contributed by atoms with van der Waals surface area (Å²) in [5.74, 6) is -0.0984. The molecule has 0 aromatic rings. The maximum Gasteiger partial charge on any atom is 0.305 e. The van der Waals surface area contributed by atoms with Gasteiger partial charge in [-0.3, -0.25) is 4.79 Å². The Bertz CT molecular complexity index is 388. The van der Waals surface area contributed by atoms with E-state index in [0.29, 0.717) is 13.0 Å². The second-order valence-corrected chi connectivity index (χ2v) is 9.23. The third kappa shape index (κ3) is 22.5. The Morgan fingerprint density at radius 1 is 0.719 bits per heavy atom. The molecule has 0 spiro atoms. The number of ether oxygens (including phenoxy) is 2. The molecule has 0 heterocycles. The quantitative estimate of drug-likeness (QED) is 0.117. The molecule has 0 aliphatic heterocycles. The van der Waals surface area contributed by atoms with Crippen molar-refractivity contribution in [2.24, 2.45) is 0 Å². The van der Waals surface area contributed by atoms with E-state index in [1.807, 2.05) is 6.92 Å². The molecule has 0 radical (unpaired) electrons. The highest BCUT2D eigenvalue weighted by molar-refractivity contribution is 5.69. The van der Waals surface area contributed by atoms with Crippen LogP contribution in [0.15, 0.2) is 0 Å². The number of hydrogen-bond acceptors (Lipinski definition) is 5. The molecule has 2 unspecified atom stereocenters. The Balaban J connectivity index is 3.78. The maximum atomic E-state index is 11.4. The first-order chi connectivity index (χ1) is 15.6. The summed E-state index contributed by atoms with van der Waals surface area (Å²) >= 11 is 0. The van der Waals surface area contributed by atoms with Crippen molar-refractivity contribution in [3.8, 4) is 0 Å². The molecule has 32 heavy (non-hydrogen) atoms. The highest BCUT2D eigenvalue weighted by atomic mass is 16.5. The Kier molecular flexibility index (Phi) is 24.5. The molecule has 5 heteroatoms. The van der Waals surface area contributed by atoms with Crippen LogP contribution in [0, 0.1) is 0 Å². The maximum absolute atomic E-state index is 11.4. The summed E-state index contributed by atoms with van der Waals surface area (Å²) in [5, 5.41) is 18.6. The summed E-state index contributed by atoms with van der Waals surface area (Å²) in [6, 6.07) is 0. The molecule has 0 fully saturated rings. The van der Waals surface area contributed by atoms with Crippen molar-refractivity contribution >= 4 is 5.97 Å². The zero-order valence-corrected chi connectivity index (χ0v) is 21.3. The van der Waals surface area contributed by atoms with Crippen LogP contribution in [0.4, 0.5) is 0 Å². The number of esters is 1. The lowest BCUT2D eigenvalue weighted by Gasteiger charge is -2.19. The van der Waals surface area contributed by atoms with Gasteiger partial charge in [0.15, 0.2) is 0 Å². The van der Waals surface area contributed by atoms with Gasteiger partial charge in [-0.1, -0.05) is 103 Å². The van der Waals surface area contributed by atoms with Crippen LogP contribution in [-0.4, -0.2) is 48.2 Å². The van der Waals surface area contributed by atoms with Gasteiger partial charge in [-0.25, -0.2) is 0 Å². The Morgan fingerprint density at radius 2 is 1.19 bits per heavy atom. The first-order valence-corrected chi connectivity index (χ1v) is 13.7. The third-order valence-electron chi connectivity index (χ3n) is 6.08. The molecule has 0 saturated heterocycles. The van der Waals surface area contributed by atoms with Crippen LogP contribution in [0.25, 0.3) is 0 Å². The number of rotatable bonds is 25. The molecular weight excluding hydrogens is 404 g/mol. The molecule has 192 valence electrons. The van der Waals surface area contributed by atoms with E-state index >= 15 is 0 Å². The van der Waals surface area contributed by atoms with Gasteiger partial charge in [0.05, 0.1) is 25.9 Å². The summed E-state index contributed by atoms with van der Waals surface area (Å²) in [7, 11) is 0. The van der Waals surface area contributed by atoms with Crippen LogP contribution in [0.2, 0.25) is 0 Å². The molecule has 0 amide bonds. The van der Waals surface area contributed by atoms with E-state index in [2.05, 4.69) is 6.92 Å². The largest absolute Gasteiger partial charge is 0.466 e. The fraction of sp³-hybridized carbons (Fsp3) is 0.963. The zero-order chi connectivity index (χ0) is 23.7. The predicted molar refractivity (Wildman–Crippen MR) is 133 cm³/mol. The van der Waals surface area contributed by atoms with Crippen molar-refractivity contribution in [1.29, 1.82) is 0 Å². The molecule has 0 aliphatic rings. The third-order valence-corrected chi connectivity index (χ3v) is 6.08. The smallest absolute Gasteiger partial charge is 0.305 e. The van der Waals surface area contributed by atoms with Crippen LogP contribution in [0.5, 0.6) is 0 Å². The number of carbonyl (C=O) groups is 1. The number of aliphatic hydroxyl groups is 2. The standard InChI is InChI=1S/C27H54O5/c1-3-5-6-7-8-9-10-11-12-13-14-17-20-26(32-24-25(29)23-28)21-18-15-16-19-22-27(30)31-4-2/h25-26,28-29H,3-24H2,1-2H3. The summed E-state index contributed by atoms with van der Waals surface area (Å²) in [5.41, 5.74) is 0. The second kappa shape index (κ2) is 25.0. The molecule has 2 atom stereocenters. The van der Waals surface area contributed by atoms with Crippen LogP contribution >= 0.6 is 0 Å². The fourth-order valence-corrected chi connectivity index (χ4v) is 4.05. The second-order valence-electron chi connectivity index (χ2n) is 9.23. The fourth-order valence-electron chi connectivity index (χ4n) is 4.05. The number of carbonyl (C=O) groups excluding carboxylic acids is 1. The Labute approximate surface area is 198 Å². The van der Waals surface area contributed by atoms with E-state index in [9.17, 15) is 9.90 Å². The van der Waals surface area contributed by atoms with Crippen molar-refractivity contribution in [2.75, 3.05) is 19.8 Å². The van der Waals surface area contributed by atoms with Gasteiger partial charge in [0.25, 0.3) is 0 Å². The van der Waals surface area contributed by atoms with Crippen LogP contribution in [0.1, 0.15) is 136 Å². The summed E-state index contributed by atoms with van der Waals surface area (Å²) < 4.78 is 10.8. The van der Waals surface area contributed by atoms with Crippen molar-refractivity contribution in [3.05, 3.63) is 0 Å². The lowest BCUT2D eigenvalue weighted by atomic mass is 10.0. The SMILES string of the molecule is CCCCCCCCCCCCCCC(CCCCCCC(=O)OCC)OCC(O)CO. The van der Waals surface area contributed by atoms with Gasteiger partial charge < -0.3 is 19.7 Å². The minimum Gasteiger partial charge on any atom is -0.466 e. The normalized spacial score (nSPS) is 13.2. The molecule has 0 rings (SSSR count). The van der Waals surface area contributed by atoms with E-state index in [4.69, 9.17) is 14.6 Å². The summed E-state index contributed by atoms with van der Waals surface area (Å²) in [6.07, 6.45) is 22.1. The van der Waals surface area contributed by atoms with Gasteiger partial charge in [0.2, 0.25) is 0 Å². The summed E-state index contributed by atoms with van der Waals surface area (Å²) in [6.45, 7) is 4.52. The lowest BCUT2D eigenvalue weighted by molar-refractivity contribution is -0.143. The van der Waals surface area contributed by atoms with Gasteiger partial charge in [-0.2, -0.15) is 0 Å². The first-order valence-electron chi connectivity index (χ1n) is 13.7. The molecule has 0 aliphatic carbocycles. The van der Waals surface area contributed by atoms with E-state index in [1.165, 1.54) is 77.0 Å². The predicted octanol–water partition coefficient (Wildman–Crippen LogP) is 6.72. The molecule has 0 aromatic heterocycles. The first kappa shape index (κ1) is 31.4. The average molecular weight is 459 g/mol. The van der Waals surface area contributed by atoms with Gasteiger partial charge in [-0.15, -0.1) is 0 Å². The topological polar surface area (TPSA) is 76.0 Å².